The molecule has 0 aliphatic carbocycles. The van der Waals surface area contributed by atoms with Gasteiger partial charge < -0.3 is 20.5 Å². The molecule has 0 fully saturated rings. The fraction of sp³-hybridized carbons (Fsp3) is 0.174. The van der Waals surface area contributed by atoms with Crippen molar-refractivity contribution in [1.29, 1.82) is 0 Å². The smallest absolute Gasteiger partial charge is 0.254 e. The Labute approximate surface area is 183 Å². The predicted octanol–water partition coefficient (Wildman–Crippen LogP) is 2.12. The fourth-order valence-electron chi connectivity index (χ4n) is 3.47. The van der Waals surface area contributed by atoms with Crippen molar-refractivity contribution in [2.75, 3.05) is 10.6 Å². The quantitative estimate of drug-likeness (QED) is 0.516. The van der Waals surface area contributed by atoms with Crippen molar-refractivity contribution < 1.29 is 19.2 Å². The summed E-state index contributed by atoms with van der Waals surface area (Å²) < 4.78 is 1.62. The van der Waals surface area contributed by atoms with Gasteiger partial charge in [0.15, 0.2) is 5.82 Å². The number of carbonyl (C=O) groups excluding carboxylic acids is 4. The average molecular weight is 431 g/mol. The van der Waals surface area contributed by atoms with E-state index in [1.54, 1.807) is 72.5 Å². The maximum absolute atomic E-state index is 12.6. The van der Waals surface area contributed by atoms with Gasteiger partial charge in [0, 0.05) is 37.1 Å². The first-order chi connectivity index (χ1) is 15.4. The van der Waals surface area contributed by atoms with E-state index in [2.05, 4.69) is 20.9 Å². The molecule has 3 N–H and O–H groups in total. The minimum Gasteiger partial charge on any atom is -0.340 e. The topological polar surface area (TPSA) is 122 Å². The number of rotatable bonds is 6. The third kappa shape index (κ3) is 4.41. The molecule has 2 heterocycles. The third-order valence-electron chi connectivity index (χ3n) is 5.14. The van der Waals surface area contributed by atoms with Gasteiger partial charge >= 0.3 is 0 Å². The van der Waals surface area contributed by atoms with Crippen LogP contribution in [0.1, 0.15) is 39.4 Å². The van der Waals surface area contributed by atoms with Gasteiger partial charge in [-0.3, -0.25) is 19.2 Å². The lowest BCUT2D eigenvalue weighted by Gasteiger charge is -2.14. The zero-order valence-corrected chi connectivity index (χ0v) is 17.3. The number of nitrogens with one attached hydrogen (secondary N) is 3. The van der Waals surface area contributed by atoms with E-state index in [1.165, 1.54) is 0 Å². The molecule has 3 aromatic rings. The van der Waals surface area contributed by atoms with E-state index < -0.39 is 6.04 Å². The number of hydrogen-bond acceptors (Lipinski definition) is 5. The standard InChI is InChI=1S/C23H21N5O4/c1-28-12-11-24-21(28)20(30)14-5-4-6-15(13-14)25-19(29)10-9-18-23(32)26-17-8-3-2-7-16(17)22(31)27-18/h2-8,11-13,18H,9-10H2,1H3,(H,25,29)(H,26,32)(H,27,31)/t18-/m0/s1. The Balaban J connectivity index is 1.37. The van der Waals surface area contributed by atoms with Crippen LogP contribution in [0.5, 0.6) is 0 Å². The number of hydrogen-bond donors (Lipinski definition) is 3. The van der Waals surface area contributed by atoms with Crippen LogP contribution in [0.2, 0.25) is 0 Å². The Bertz CT molecular complexity index is 1220. The number of amides is 3. The van der Waals surface area contributed by atoms with Gasteiger partial charge in [-0.1, -0.05) is 24.3 Å². The molecule has 1 aliphatic heterocycles. The van der Waals surface area contributed by atoms with Crippen LogP contribution in [-0.4, -0.2) is 39.1 Å². The highest BCUT2D eigenvalue weighted by Gasteiger charge is 2.27. The van der Waals surface area contributed by atoms with E-state index in [-0.39, 0.29) is 36.3 Å². The Morgan fingerprint density at radius 1 is 1.12 bits per heavy atom. The second-order valence-corrected chi connectivity index (χ2v) is 7.42. The summed E-state index contributed by atoms with van der Waals surface area (Å²) in [6.07, 6.45) is 3.36. The van der Waals surface area contributed by atoms with Crippen LogP contribution in [0.3, 0.4) is 0 Å². The van der Waals surface area contributed by atoms with E-state index in [1.807, 2.05) is 0 Å². The number of benzene rings is 2. The van der Waals surface area contributed by atoms with Gasteiger partial charge in [-0.2, -0.15) is 0 Å². The second-order valence-electron chi connectivity index (χ2n) is 7.42. The summed E-state index contributed by atoms with van der Waals surface area (Å²) in [6.45, 7) is 0. The predicted molar refractivity (Wildman–Crippen MR) is 117 cm³/mol. The molecule has 0 radical (unpaired) electrons. The number of anilines is 2. The largest absolute Gasteiger partial charge is 0.340 e. The minimum atomic E-state index is -0.836. The van der Waals surface area contributed by atoms with Crippen molar-refractivity contribution in [1.82, 2.24) is 14.9 Å². The summed E-state index contributed by atoms with van der Waals surface area (Å²) in [5, 5.41) is 8.11. The summed E-state index contributed by atoms with van der Waals surface area (Å²) in [7, 11) is 1.73. The maximum Gasteiger partial charge on any atom is 0.254 e. The van der Waals surface area contributed by atoms with E-state index >= 15 is 0 Å². The second kappa shape index (κ2) is 8.84. The van der Waals surface area contributed by atoms with Crippen LogP contribution in [-0.2, 0) is 16.6 Å². The van der Waals surface area contributed by atoms with Crippen molar-refractivity contribution in [2.24, 2.45) is 7.05 Å². The summed E-state index contributed by atoms with van der Waals surface area (Å²) in [5.41, 5.74) is 1.67. The molecule has 0 saturated carbocycles. The highest BCUT2D eigenvalue weighted by atomic mass is 16.2. The Kier molecular flexibility index (Phi) is 5.80. The zero-order chi connectivity index (χ0) is 22.7. The van der Waals surface area contributed by atoms with E-state index in [4.69, 9.17) is 0 Å². The highest BCUT2D eigenvalue weighted by molar-refractivity contribution is 6.10. The van der Waals surface area contributed by atoms with Crippen LogP contribution in [0.4, 0.5) is 11.4 Å². The van der Waals surface area contributed by atoms with E-state index in [0.717, 1.165) is 0 Å². The zero-order valence-electron chi connectivity index (χ0n) is 17.3. The molecule has 32 heavy (non-hydrogen) atoms. The Hall–Kier alpha value is -4.27. The number of nitrogens with zero attached hydrogens (tertiary/aromatic N) is 2. The van der Waals surface area contributed by atoms with Crippen molar-refractivity contribution in [2.45, 2.75) is 18.9 Å². The molecule has 2 aromatic carbocycles. The molecular weight excluding hydrogens is 410 g/mol. The van der Waals surface area contributed by atoms with Gasteiger partial charge in [0.25, 0.3) is 5.91 Å². The van der Waals surface area contributed by atoms with Crippen LogP contribution >= 0.6 is 0 Å². The molecule has 9 nitrogen and oxygen atoms in total. The first kappa shape index (κ1) is 21.0. The summed E-state index contributed by atoms with van der Waals surface area (Å²) in [4.78, 5) is 53.9. The molecule has 9 heteroatoms. The SMILES string of the molecule is Cn1ccnc1C(=O)c1cccc(NC(=O)CC[C@@H]2NC(=O)c3ccccc3NC2=O)c1. The van der Waals surface area contributed by atoms with Crippen LogP contribution < -0.4 is 16.0 Å². The molecule has 1 atom stereocenters. The van der Waals surface area contributed by atoms with Crippen molar-refractivity contribution in [3.63, 3.8) is 0 Å². The van der Waals surface area contributed by atoms with E-state index in [9.17, 15) is 19.2 Å². The summed E-state index contributed by atoms with van der Waals surface area (Å²) >= 11 is 0. The lowest BCUT2D eigenvalue weighted by Crippen LogP contribution is -2.41. The molecule has 4 rings (SSSR count). The van der Waals surface area contributed by atoms with Crippen LogP contribution in [0, 0.1) is 0 Å². The molecule has 1 aliphatic rings. The van der Waals surface area contributed by atoms with Crippen LogP contribution in [0.15, 0.2) is 60.9 Å². The molecule has 0 spiro atoms. The number of carbonyl (C=O) groups is 4. The van der Waals surface area contributed by atoms with Gasteiger partial charge in [-0.15, -0.1) is 0 Å². The normalized spacial score (nSPS) is 15.2. The number of aryl methyl sites for hydroxylation is 1. The van der Waals surface area contributed by atoms with Gasteiger partial charge in [-0.25, -0.2) is 4.98 Å². The average Bonchev–Trinajstić information content (AvgIpc) is 3.17. The minimum absolute atomic E-state index is 0.00620. The van der Waals surface area contributed by atoms with Crippen LogP contribution in [0.25, 0.3) is 0 Å². The number of fused-ring (bicyclic) bond motifs is 1. The molecule has 3 amide bonds. The first-order valence-corrected chi connectivity index (χ1v) is 10.0. The van der Waals surface area contributed by atoms with Crippen molar-refractivity contribution in [3.05, 3.63) is 77.9 Å². The summed E-state index contributed by atoms with van der Waals surface area (Å²) in [5.74, 6) is -1.05. The van der Waals surface area contributed by atoms with E-state index in [0.29, 0.717) is 28.3 Å². The van der Waals surface area contributed by atoms with Gasteiger partial charge in [0.05, 0.1) is 11.3 Å². The highest BCUT2D eigenvalue weighted by Crippen LogP contribution is 2.20. The van der Waals surface area contributed by atoms with Crippen molar-refractivity contribution in [3.8, 4) is 0 Å². The molecule has 0 bridgehead atoms. The number of aromatic nitrogens is 2. The number of imidazole rings is 1. The fourth-order valence-corrected chi connectivity index (χ4v) is 3.47. The lowest BCUT2D eigenvalue weighted by molar-refractivity contribution is -0.118. The van der Waals surface area contributed by atoms with Gasteiger partial charge in [0.2, 0.25) is 17.6 Å². The molecular formula is C23H21N5O4. The Morgan fingerprint density at radius 3 is 2.72 bits per heavy atom. The van der Waals surface area contributed by atoms with Gasteiger partial charge in [-0.05, 0) is 30.7 Å². The molecule has 0 unspecified atom stereocenters. The lowest BCUT2D eigenvalue weighted by atomic mass is 10.1. The monoisotopic (exact) mass is 431 g/mol. The van der Waals surface area contributed by atoms with Crippen molar-refractivity contribution >= 4 is 34.9 Å². The Morgan fingerprint density at radius 2 is 1.94 bits per heavy atom. The molecule has 0 saturated heterocycles. The number of ketones is 1. The molecule has 1 aromatic heterocycles. The third-order valence-corrected chi connectivity index (χ3v) is 5.14. The first-order valence-electron chi connectivity index (χ1n) is 10.0. The molecule has 162 valence electrons. The summed E-state index contributed by atoms with van der Waals surface area (Å²) in [6, 6.07) is 12.4. The number of para-hydroxylation sites is 1. The maximum atomic E-state index is 12.6. The van der Waals surface area contributed by atoms with Gasteiger partial charge in [0.1, 0.15) is 6.04 Å².